The molecular weight excluding hydrogens is 448 g/mol. The van der Waals surface area contributed by atoms with Crippen LogP contribution in [0.1, 0.15) is 65.0 Å². The van der Waals surface area contributed by atoms with Crippen LogP contribution in [0.2, 0.25) is 0 Å². The molecular formula is C27H40N2O6. The number of fused-ring (bicyclic) bond motifs is 1. The monoisotopic (exact) mass is 488 g/mol. The highest BCUT2D eigenvalue weighted by atomic mass is 16.6. The Morgan fingerprint density at radius 2 is 1.71 bits per heavy atom. The van der Waals surface area contributed by atoms with Gasteiger partial charge in [0.05, 0.1) is 25.4 Å². The summed E-state index contributed by atoms with van der Waals surface area (Å²) in [6, 6.07) is 11.9. The molecule has 8 heteroatoms. The SMILES string of the molecule is CCOC(=O)CCc1ccc2ccc(CO[C@H](C)[C@H](CCC(N)O)NC(=O)OC(C)(C)C)cc2c1. The Bertz CT molecular complexity index is 970. The number of aryl methyl sites for hydroxylation is 1. The van der Waals surface area contributed by atoms with Gasteiger partial charge in [0.25, 0.3) is 0 Å². The van der Waals surface area contributed by atoms with E-state index >= 15 is 0 Å². The molecule has 35 heavy (non-hydrogen) atoms. The second-order valence-corrected chi connectivity index (χ2v) is 9.73. The fourth-order valence-corrected chi connectivity index (χ4v) is 3.65. The number of carbonyl (C=O) groups is 2. The summed E-state index contributed by atoms with van der Waals surface area (Å²) in [6.45, 7) is 9.81. The van der Waals surface area contributed by atoms with Crippen molar-refractivity contribution in [3.05, 3.63) is 47.5 Å². The highest BCUT2D eigenvalue weighted by molar-refractivity contribution is 5.84. The third kappa shape index (κ3) is 10.6. The number of nitrogens with two attached hydrogens (primary N) is 1. The number of carbonyl (C=O) groups excluding carboxylic acids is 2. The fraction of sp³-hybridized carbons (Fsp3) is 0.556. The van der Waals surface area contributed by atoms with Crippen LogP contribution in [0.4, 0.5) is 4.79 Å². The lowest BCUT2D eigenvalue weighted by Crippen LogP contribution is -2.46. The highest BCUT2D eigenvalue weighted by Gasteiger charge is 2.24. The van der Waals surface area contributed by atoms with Gasteiger partial charge in [0.2, 0.25) is 0 Å². The molecule has 2 aromatic carbocycles. The van der Waals surface area contributed by atoms with Crippen molar-refractivity contribution < 1.29 is 28.9 Å². The van der Waals surface area contributed by atoms with Gasteiger partial charge < -0.3 is 30.4 Å². The molecule has 0 radical (unpaired) electrons. The minimum absolute atomic E-state index is 0.194. The van der Waals surface area contributed by atoms with E-state index in [-0.39, 0.29) is 18.1 Å². The van der Waals surface area contributed by atoms with Crippen molar-refractivity contribution >= 4 is 22.8 Å². The quantitative estimate of drug-likeness (QED) is 0.303. The number of alkyl carbamates (subject to hydrolysis) is 1. The molecule has 0 heterocycles. The number of nitrogens with one attached hydrogen (secondary N) is 1. The molecule has 0 aromatic heterocycles. The zero-order valence-corrected chi connectivity index (χ0v) is 21.5. The minimum Gasteiger partial charge on any atom is -0.466 e. The minimum atomic E-state index is -0.969. The van der Waals surface area contributed by atoms with Crippen LogP contribution in [-0.4, -0.2) is 47.8 Å². The molecule has 0 spiro atoms. The normalized spacial score (nSPS) is 14.3. The van der Waals surface area contributed by atoms with Crippen LogP contribution < -0.4 is 11.1 Å². The maximum absolute atomic E-state index is 12.3. The molecule has 2 aromatic rings. The van der Waals surface area contributed by atoms with Gasteiger partial charge in [-0.15, -0.1) is 0 Å². The third-order valence-electron chi connectivity index (χ3n) is 5.45. The predicted molar refractivity (Wildman–Crippen MR) is 136 cm³/mol. The summed E-state index contributed by atoms with van der Waals surface area (Å²) >= 11 is 0. The molecule has 0 aliphatic carbocycles. The van der Waals surface area contributed by atoms with E-state index in [1.165, 1.54) is 0 Å². The average molecular weight is 489 g/mol. The van der Waals surface area contributed by atoms with Crippen LogP contribution in [0, 0.1) is 0 Å². The number of amides is 1. The molecule has 194 valence electrons. The predicted octanol–water partition coefficient (Wildman–Crippen LogP) is 4.19. The molecule has 0 aliphatic rings. The summed E-state index contributed by atoms with van der Waals surface area (Å²) < 4.78 is 16.5. The van der Waals surface area contributed by atoms with E-state index in [2.05, 4.69) is 17.4 Å². The maximum Gasteiger partial charge on any atom is 0.407 e. The molecule has 3 atom stereocenters. The summed E-state index contributed by atoms with van der Waals surface area (Å²) in [5.41, 5.74) is 6.94. The number of ether oxygens (including phenoxy) is 3. The lowest BCUT2D eigenvalue weighted by Gasteiger charge is -2.28. The summed E-state index contributed by atoms with van der Waals surface area (Å²) in [5, 5.41) is 14.5. The molecule has 0 saturated heterocycles. The zero-order valence-electron chi connectivity index (χ0n) is 21.5. The van der Waals surface area contributed by atoms with Gasteiger partial charge in [0.15, 0.2) is 0 Å². The van der Waals surface area contributed by atoms with Crippen molar-refractivity contribution in [3.8, 4) is 0 Å². The summed E-state index contributed by atoms with van der Waals surface area (Å²) in [4.78, 5) is 24.0. The van der Waals surface area contributed by atoms with Crippen molar-refractivity contribution in [3.63, 3.8) is 0 Å². The number of esters is 1. The summed E-state index contributed by atoms with van der Waals surface area (Å²) in [5.74, 6) is -0.194. The first-order chi connectivity index (χ1) is 16.5. The number of aliphatic hydroxyl groups excluding tert-OH is 1. The first-order valence-electron chi connectivity index (χ1n) is 12.2. The molecule has 2 rings (SSSR count). The zero-order chi connectivity index (χ0) is 26.0. The third-order valence-corrected chi connectivity index (χ3v) is 5.45. The molecule has 0 fully saturated rings. The average Bonchev–Trinajstić information content (AvgIpc) is 2.77. The lowest BCUT2D eigenvalue weighted by molar-refractivity contribution is -0.143. The topological polar surface area (TPSA) is 120 Å². The van der Waals surface area contributed by atoms with Crippen LogP contribution in [0.5, 0.6) is 0 Å². The van der Waals surface area contributed by atoms with Crippen molar-refractivity contribution in [1.29, 1.82) is 0 Å². The van der Waals surface area contributed by atoms with E-state index in [9.17, 15) is 14.7 Å². The fourth-order valence-electron chi connectivity index (χ4n) is 3.65. The van der Waals surface area contributed by atoms with Crippen LogP contribution >= 0.6 is 0 Å². The van der Waals surface area contributed by atoms with Crippen LogP contribution in [0.15, 0.2) is 36.4 Å². The lowest BCUT2D eigenvalue weighted by atomic mass is 10.0. The highest BCUT2D eigenvalue weighted by Crippen LogP contribution is 2.21. The molecule has 0 bridgehead atoms. The van der Waals surface area contributed by atoms with Gasteiger partial charge >= 0.3 is 12.1 Å². The van der Waals surface area contributed by atoms with Gasteiger partial charge in [-0.1, -0.05) is 30.3 Å². The summed E-state index contributed by atoms with van der Waals surface area (Å²) in [7, 11) is 0. The Morgan fingerprint density at radius 3 is 2.34 bits per heavy atom. The van der Waals surface area contributed by atoms with Crippen LogP contribution in [-0.2, 0) is 32.0 Å². The van der Waals surface area contributed by atoms with E-state index in [0.717, 1.165) is 21.9 Å². The largest absolute Gasteiger partial charge is 0.466 e. The second kappa shape index (κ2) is 13.4. The van der Waals surface area contributed by atoms with Gasteiger partial charge in [-0.25, -0.2) is 4.79 Å². The number of aliphatic hydroxyl groups is 1. The Kier molecular flexibility index (Phi) is 10.9. The van der Waals surface area contributed by atoms with Crippen LogP contribution in [0.25, 0.3) is 10.8 Å². The van der Waals surface area contributed by atoms with E-state index in [1.807, 2.05) is 31.2 Å². The first kappa shape index (κ1) is 28.6. The summed E-state index contributed by atoms with van der Waals surface area (Å²) in [6.07, 6.45) is -0.110. The van der Waals surface area contributed by atoms with E-state index in [4.69, 9.17) is 19.9 Å². The van der Waals surface area contributed by atoms with E-state index in [1.54, 1.807) is 27.7 Å². The number of benzene rings is 2. The molecule has 4 N–H and O–H groups in total. The number of hydrogen-bond donors (Lipinski definition) is 3. The molecule has 0 aliphatic heterocycles. The van der Waals surface area contributed by atoms with Crippen LogP contribution in [0.3, 0.4) is 0 Å². The molecule has 1 unspecified atom stereocenters. The number of rotatable bonds is 12. The Hall–Kier alpha value is -2.68. The van der Waals surface area contributed by atoms with E-state index in [0.29, 0.717) is 38.9 Å². The van der Waals surface area contributed by atoms with Gasteiger partial charge in [-0.2, -0.15) is 0 Å². The molecule has 8 nitrogen and oxygen atoms in total. The number of hydrogen-bond acceptors (Lipinski definition) is 7. The van der Waals surface area contributed by atoms with Gasteiger partial charge in [-0.3, -0.25) is 4.79 Å². The van der Waals surface area contributed by atoms with Gasteiger partial charge in [-0.05, 0) is 81.8 Å². The Morgan fingerprint density at radius 1 is 1.06 bits per heavy atom. The van der Waals surface area contributed by atoms with Crippen molar-refractivity contribution in [2.75, 3.05) is 6.61 Å². The molecule has 1 amide bonds. The smallest absolute Gasteiger partial charge is 0.407 e. The van der Waals surface area contributed by atoms with E-state index < -0.39 is 17.9 Å². The van der Waals surface area contributed by atoms with Gasteiger partial charge in [0.1, 0.15) is 11.8 Å². The Balaban J connectivity index is 2.03. The van der Waals surface area contributed by atoms with Crippen molar-refractivity contribution in [1.82, 2.24) is 5.32 Å². The Labute approximate surface area is 208 Å². The molecule has 0 saturated carbocycles. The van der Waals surface area contributed by atoms with Gasteiger partial charge in [0, 0.05) is 6.42 Å². The first-order valence-corrected chi connectivity index (χ1v) is 12.2. The standard InChI is InChI=1S/C27H40N2O6/c1-6-33-25(31)14-9-19-7-10-21-11-8-20(16-22(21)15-19)17-34-18(2)23(12-13-24(28)30)29-26(32)35-27(3,4)5/h7-8,10-11,15-16,18,23-24,30H,6,9,12-14,17,28H2,1-5H3,(H,29,32)/t18-,23+,24?/m1/s1. The van der Waals surface area contributed by atoms with Crippen molar-refractivity contribution in [2.45, 2.75) is 90.9 Å². The van der Waals surface area contributed by atoms with Crippen molar-refractivity contribution in [2.24, 2.45) is 5.73 Å². The maximum atomic E-state index is 12.3. The second-order valence-electron chi connectivity index (χ2n) is 9.73.